The number of hydrogen-bond donors (Lipinski definition) is 0. The molecule has 0 saturated heterocycles. The minimum Gasteiger partial charge on any atom is -0.309 e. The Bertz CT molecular complexity index is 85.1. The highest BCUT2D eigenvalue weighted by atomic mass is 33.1. The topological polar surface area (TPSA) is 6.48 Å². The summed E-state index contributed by atoms with van der Waals surface area (Å²) in [5.41, 5.74) is 0. The van der Waals surface area contributed by atoms with Crippen LogP contribution >= 0.6 is 21.6 Å². The fourth-order valence-electron chi connectivity index (χ4n) is 0.558. The van der Waals surface area contributed by atoms with Crippen LogP contribution in [-0.2, 0) is 0 Å². The molecule has 12 heavy (non-hydrogen) atoms. The van der Waals surface area contributed by atoms with E-state index in [0.717, 1.165) is 0 Å². The zero-order valence-corrected chi connectivity index (χ0v) is 10.2. The molecular weight excluding hydrogens is 188 g/mol. The van der Waals surface area contributed by atoms with E-state index in [0.29, 0.717) is 0 Å². The molecule has 0 saturated carbocycles. The molecule has 0 fully saturated rings. The van der Waals surface area contributed by atoms with Crippen LogP contribution in [0.15, 0.2) is 0 Å². The van der Waals surface area contributed by atoms with E-state index >= 15 is 0 Å². The molecule has 0 rings (SSSR count). The van der Waals surface area contributed by atoms with Crippen LogP contribution in [0.4, 0.5) is 0 Å². The molecule has 0 heterocycles. The molecule has 0 spiro atoms. The second-order valence-electron chi connectivity index (χ2n) is 3.25. The highest BCUT2D eigenvalue weighted by molar-refractivity contribution is 8.76. The van der Waals surface area contributed by atoms with Gasteiger partial charge in [-0.05, 0) is 28.2 Å². The number of rotatable bonds is 7. The van der Waals surface area contributed by atoms with Gasteiger partial charge in [-0.1, -0.05) is 21.6 Å². The van der Waals surface area contributed by atoms with Crippen LogP contribution in [0.5, 0.6) is 0 Å². The molecule has 0 bridgehead atoms. The van der Waals surface area contributed by atoms with Gasteiger partial charge in [0, 0.05) is 24.6 Å². The van der Waals surface area contributed by atoms with Gasteiger partial charge in [0.15, 0.2) is 0 Å². The lowest BCUT2D eigenvalue weighted by Crippen LogP contribution is -2.15. The van der Waals surface area contributed by atoms with Crippen molar-refractivity contribution >= 4 is 21.6 Å². The predicted octanol–water partition coefficient (Wildman–Crippen LogP) is 1.49. The standard InChI is InChI=1S/C8H20N2S2/c1-9(2)5-7-11-12-8-6-10(3)4/h5-8H2,1-4H3. The van der Waals surface area contributed by atoms with Crippen molar-refractivity contribution in [3.8, 4) is 0 Å². The fourth-order valence-corrected chi connectivity index (χ4v) is 2.83. The van der Waals surface area contributed by atoms with E-state index in [9.17, 15) is 0 Å². The van der Waals surface area contributed by atoms with E-state index in [1.165, 1.54) is 24.6 Å². The first kappa shape index (κ1) is 12.6. The maximum Gasteiger partial charge on any atom is 0.0165 e. The van der Waals surface area contributed by atoms with E-state index in [4.69, 9.17) is 0 Å². The molecule has 0 unspecified atom stereocenters. The second kappa shape index (κ2) is 8.23. The van der Waals surface area contributed by atoms with E-state index in [-0.39, 0.29) is 0 Å². The van der Waals surface area contributed by atoms with Gasteiger partial charge in [-0.3, -0.25) is 0 Å². The Morgan fingerprint density at radius 1 is 0.750 bits per heavy atom. The first-order chi connectivity index (χ1) is 5.63. The molecule has 0 aromatic heterocycles. The molecule has 0 aromatic rings. The van der Waals surface area contributed by atoms with E-state index in [2.05, 4.69) is 38.0 Å². The second-order valence-corrected chi connectivity index (χ2v) is 5.95. The quantitative estimate of drug-likeness (QED) is 0.462. The van der Waals surface area contributed by atoms with Crippen molar-refractivity contribution in [1.29, 1.82) is 0 Å². The summed E-state index contributed by atoms with van der Waals surface area (Å²) >= 11 is 0. The molecule has 0 aliphatic carbocycles. The third kappa shape index (κ3) is 10.6. The molecule has 0 N–H and O–H groups in total. The van der Waals surface area contributed by atoms with Gasteiger partial charge in [0.25, 0.3) is 0 Å². The molecule has 0 aliphatic heterocycles. The van der Waals surface area contributed by atoms with Crippen LogP contribution in [-0.4, -0.2) is 62.6 Å². The van der Waals surface area contributed by atoms with Crippen LogP contribution in [0.25, 0.3) is 0 Å². The van der Waals surface area contributed by atoms with Gasteiger partial charge < -0.3 is 9.80 Å². The Kier molecular flexibility index (Phi) is 8.65. The number of nitrogens with zero attached hydrogens (tertiary/aromatic N) is 2. The van der Waals surface area contributed by atoms with E-state index < -0.39 is 0 Å². The zero-order valence-electron chi connectivity index (χ0n) is 8.54. The van der Waals surface area contributed by atoms with Gasteiger partial charge >= 0.3 is 0 Å². The normalized spacial score (nSPS) is 11.5. The highest BCUT2D eigenvalue weighted by Crippen LogP contribution is 2.20. The molecular formula is C8H20N2S2. The summed E-state index contributed by atoms with van der Waals surface area (Å²) in [5, 5.41) is 0. The fraction of sp³-hybridized carbons (Fsp3) is 1.00. The lowest BCUT2D eigenvalue weighted by Gasteiger charge is -2.10. The Labute approximate surface area is 84.5 Å². The van der Waals surface area contributed by atoms with Crippen LogP contribution in [0.1, 0.15) is 0 Å². The van der Waals surface area contributed by atoms with Gasteiger partial charge in [-0.25, -0.2) is 0 Å². The van der Waals surface area contributed by atoms with E-state index in [1.54, 1.807) is 0 Å². The summed E-state index contributed by atoms with van der Waals surface area (Å²) in [7, 11) is 12.4. The summed E-state index contributed by atoms with van der Waals surface area (Å²) in [6, 6.07) is 0. The van der Waals surface area contributed by atoms with Crippen molar-refractivity contribution < 1.29 is 0 Å². The highest BCUT2D eigenvalue weighted by Gasteiger charge is 1.93. The Hall–Kier alpha value is 0.620. The third-order valence-electron chi connectivity index (χ3n) is 1.33. The SMILES string of the molecule is CN(C)CCSSCCN(C)C. The first-order valence-electron chi connectivity index (χ1n) is 4.17. The van der Waals surface area contributed by atoms with Crippen LogP contribution in [0.3, 0.4) is 0 Å². The van der Waals surface area contributed by atoms with Gasteiger partial charge in [0.1, 0.15) is 0 Å². The molecule has 0 amide bonds. The van der Waals surface area contributed by atoms with E-state index in [1.807, 2.05) is 21.6 Å². The van der Waals surface area contributed by atoms with Gasteiger partial charge in [-0.2, -0.15) is 0 Å². The maximum atomic E-state index is 2.22. The van der Waals surface area contributed by atoms with Crippen LogP contribution in [0.2, 0.25) is 0 Å². The van der Waals surface area contributed by atoms with Crippen molar-refractivity contribution in [2.75, 3.05) is 52.8 Å². The molecule has 74 valence electrons. The van der Waals surface area contributed by atoms with Crippen molar-refractivity contribution in [3.05, 3.63) is 0 Å². The average Bonchev–Trinajstić information content (AvgIpc) is 1.95. The average molecular weight is 208 g/mol. The molecule has 0 atom stereocenters. The van der Waals surface area contributed by atoms with Gasteiger partial charge in [-0.15, -0.1) is 0 Å². The van der Waals surface area contributed by atoms with Crippen molar-refractivity contribution in [2.45, 2.75) is 0 Å². The van der Waals surface area contributed by atoms with Gasteiger partial charge in [0.05, 0.1) is 0 Å². The molecule has 0 aromatic carbocycles. The van der Waals surface area contributed by atoms with Gasteiger partial charge in [0.2, 0.25) is 0 Å². The predicted molar refractivity (Wildman–Crippen MR) is 62.0 cm³/mol. The zero-order chi connectivity index (χ0) is 9.40. The smallest absolute Gasteiger partial charge is 0.0165 e. The third-order valence-corrected chi connectivity index (χ3v) is 3.69. The molecule has 2 nitrogen and oxygen atoms in total. The number of hydrogen-bond acceptors (Lipinski definition) is 4. The summed E-state index contributed by atoms with van der Waals surface area (Å²) in [4.78, 5) is 4.44. The summed E-state index contributed by atoms with van der Waals surface area (Å²) in [6.45, 7) is 2.36. The minimum atomic E-state index is 1.18. The largest absolute Gasteiger partial charge is 0.309 e. The lowest BCUT2D eigenvalue weighted by atomic mass is 10.7. The molecule has 0 radical (unpaired) electrons. The summed E-state index contributed by atoms with van der Waals surface area (Å²) in [6.07, 6.45) is 0. The minimum absolute atomic E-state index is 1.18. The first-order valence-corrected chi connectivity index (χ1v) is 6.65. The van der Waals surface area contributed by atoms with Crippen molar-refractivity contribution in [2.24, 2.45) is 0 Å². The molecule has 4 heteroatoms. The van der Waals surface area contributed by atoms with Crippen LogP contribution < -0.4 is 0 Å². The lowest BCUT2D eigenvalue weighted by molar-refractivity contribution is 0.437. The summed E-state index contributed by atoms with van der Waals surface area (Å²) < 4.78 is 0. The monoisotopic (exact) mass is 208 g/mol. The van der Waals surface area contributed by atoms with Crippen molar-refractivity contribution in [3.63, 3.8) is 0 Å². The summed E-state index contributed by atoms with van der Waals surface area (Å²) in [5.74, 6) is 2.45. The molecule has 0 aliphatic rings. The Balaban J connectivity index is 2.91. The van der Waals surface area contributed by atoms with Crippen molar-refractivity contribution in [1.82, 2.24) is 9.80 Å². The Morgan fingerprint density at radius 3 is 1.33 bits per heavy atom. The van der Waals surface area contributed by atoms with Crippen LogP contribution in [0, 0.1) is 0 Å². The Morgan fingerprint density at radius 2 is 1.08 bits per heavy atom. The maximum absolute atomic E-state index is 2.22.